The molecule has 1 aliphatic heterocycles. The van der Waals surface area contributed by atoms with Crippen LogP contribution in [-0.4, -0.2) is 40.2 Å². The van der Waals surface area contributed by atoms with Crippen LogP contribution in [0.1, 0.15) is 32.6 Å². The Bertz CT molecular complexity index is 352. The van der Waals surface area contributed by atoms with Gasteiger partial charge in [-0.3, -0.25) is 0 Å². The molecule has 106 valence electrons. The molecule has 0 bridgehead atoms. The molecule has 18 heavy (non-hydrogen) atoms. The van der Waals surface area contributed by atoms with Crippen LogP contribution < -0.4 is 14.8 Å². The molecule has 0 aliphatic carbocycles. The second-order valence-corrected chi connectivity index (χ2v) is 5.66. The Balaban J connectivity index is 2.22. The number of ether oxygens (including phenoxy) is 1. The summed E-state index contributed by atoms with van der Waals surface area (Å²) < 4.78 is 31.4. The second-order valence-electron chi connectivity index (χ2n) is 4.16. The molecule has 0 aromatic rings. The van der Waals surface area contributed by atoms with Gasteiger partial charge in [-0.1, -0.05) is 6.42 Å². The number of piperidine rings is 1. The molecule has 8 heteroatoms. The number of carbonyl (C=O) groups excluding carboxylic acids is 1. The highest BCUT2D eigenvalue weighted by Gasteiger charge is 2.16. The highest BCUT2D eigenvalue weighted by Crippen LogP contribution is 2.09. The third-order valence-corrected chi connectivity index (χ3v) is 3.71. The monoisotopic (exact) mass is 279 g/mol. The van der Waals surface area contributed by atoms with E-state index < -0.39 is 16.3 Å². The number of carbonyl (C=O) groups is 1. The molecule has 0 aromatic heterocycles. The summed E-state index contributed by atoms with van der Waals surface area (Å²) in [4.78, 5) is 11.0. The zero-order chi connectivity index (χ0) is 13.4. The van der Waals surface area contributed by atoms with E-state index in [0.29, 0.717) is 19.0 Å². The van der Waals surface area contributed by atoms with Crippen molar-refractivity contribution in [1.82, 2.24) is 14.8 Å². The lowest BCUT2D eigenvalue weighted by Crippen LogP contribution is -2.43. The molecule has 1 heterocycles. The zero-order valence-corrected chi connectivity index (χ0v) is 11.4. The number of amides is 1. The summed E-state index contributed by atoms with van der Waals surface area (Å²) in [5, 5.41) is 3.32. The predicted molar refractivity (Wildman–Crippen MR) is 67.3 cm³/mol. The van der Waals surface area contributed by atoms with Crippen molar-refractivity contribution in [1.29, 1.82) is 0 Å². The van der Waals surface area contributed by atoms with Gasteiger partial charge < -0.3 is 10.1 Å². The van der Waals surface area contributed by atoms with Gasteiger partial charge in [0.05, 0.1) is 6.61 Å². The van der Waals surface area contributed by atoms with Gasteiger partial charge in [-0.05, 0) is 32.7 Å². The summed E-state index contributed by atoms with van der Waals surface area (Å²) in [7, 11) is -3.81. The van der Waals surface area contributed by atoms with Gasteiger partial charge in [0.15, 0.2) is 0 Å². The fraction of sp³-hybridized carbons (Fsp3) is 0.900. The largest absolute Gasteiger partial charge is 0.449 e. The van der Waals surface area contributed by atoms with E-state index in [1.807, 2.05) is 0 Å². The maximum Gasteiger partial charge on any atom is 0.421 e. The predicted octanol–water partition coefficient (Wildman–Crippen LogP) is 0.0991. The first-order chi connectivity index (χ1) is 8.53. The van der Waals surface area contributed by atoms with Crippen LogP contribution in [0.4, 0.5) is 4.79 Å². The molecule has 1 aliphatic rings. The Kier molecular flexibility index (Phi) is 6.37. The molecule has 3 N–H and O–H groups in total. The number of hydrogen-bond donors (Lipinski definition) is 3. The molecule has 1 saturated heterocycles. The third-order valence-electron chi connectivity index (χ3n) is 2.69. The van der Waals surface area contributed by atoms with Gasteiger partial charge in [-0.2, -0.15) is 13.1 Å². The standard InChI is InChI=1S/C10H21N3O4S/c1-2-17-10(14)13-18(15,16)12-8-6-9-5-3-4-7-11-9/h9,11-12H,2-8H2,1H3,(H,13,14). The average molecular weight is 279 g/mol. The van der Waals surface area contributed by atoms with Crippen molar-refractivity contribution in [3.05, 3.63) is 0 Å². The van der Waals surface area contributed by atoms with E-state index in [-0.39, 0.29) is 6.61 Å². The lowest BCUT2D eigenvalue weighted by atomic mass is 10.0. The summed E-state index contributed by atoms with van der Waals surface area (Å²) in [5.74, 6) is 0. The number of hydrogen-bond acceptors (Lipinski definition) is 5. The summed E-state index contributed by atoms with van der Waals surface area (Å²) in [5.41, 5.74) is 0. The zero-order valence-electron chi connectivity index (χ0n) is 10.6. The molecule has 1 unspecified atom stereocenters. The SMILES string of the molecule is CCOC(=O)NS(=O)(=O)NCCC1CCCCN1. The van der Waals surface area contributed by atoms with Crippen molar-refractivity contribution in [3.8, 4) is 0 Å². The Morgan fingerprint density at radius 3 is 2.83 bits per heavy atom. The highest BCUT2D eigenvalue weighted by atomic mass is 32.2. The van der Waals surface area contributed by atoms with E-state index >= 15 is 0 Å². The van der Waals surface area contributed by atoms with Gasteiger partial charge in [-0.25, -0.2) is 9.52 Å². The van der Waals surface area contributed by atoms with Gasteiger partial charge in [-0.15, -0.1) is 0 Å². The van der Waals surface area contributed by atoms with Crippen molar-refractivity contribution in [2.45, 2.75) is 38.6 Å². The second kappa shape index (κ2) is 7.55. The van der Waals surface area contributed by atoms with Crippen LogP contribution in [0.2, 0.25) is 0 Å². The third kappa shape index (κ3) is 6.18. The van der Waals surface area contributed by atoms with Crippen molar-refractivity contribution in [3.63, 3.8) is 0 Å². The molecular weight excluding hydrogens is 258 g/mol. The highest BCUT2D eigenvalue weighted by molar-refractivity contribution is 7.88. The van der Waals surface area contributed by atoms with Crippen molar-refractivity contribution in [2.24, 2.45) is 0 Å². The van der Waals surface area contributed by atoms with Crippen LogP contribution in [-0.2, 0) is 14.9 Å². The summed E-state index contributed by atoms with van der Waals surface area (Å²) in [6.45, 7) is 3.02. The van der Waals surface area contributed by atoms with Crippen molar-refractivity contribution >= 4 is 16.3 Å². The van der Waals surface area contributed by atoms with Crippen LogP contribution >= 0.6 is 0 Å². The lowest BCUT2D eigenvalue weighted by Gasteiger charge is -2.23. The Hall–Kier alpha value is -0.860. The van der Waals surface area contributed by atoms with Crippen LogP contribution in [0.25, 0.3) is 0 Å². The molecule has 1 fully saturated rings. The van der Waals surface area contributed by atoms with Crippen LogP contribution in [0.5, 0.6) is 0 Å². The Morgan fingerprint density at radius 2 is 2.22 bits per heavy atom. The minimum atomic E-state index is -3.81. The fourth-order valence-electron chi connectivity index (χ4n) is 1.84. The molecule has 1 amide bonds. The number of nitrogens with one attached hydrogen (secondary N) is 3. The fourth-order valence-corrected chi connectivity index (χ4v) is 2.58. The van der Waals surface area contributed by atoms with E-state index in [0.717, 1.165) is 13.0 Å². The van der Waals surface area contributed by atoms with Gasteiger partial charge in [0.25, 0.3) is 0 Å². The first-order valence-electron chi connectivity index (χ1n) is 6.21. The molecule has 1 rings (SSSR count). The first kappa shape index (κ1) is 15.2. The van der Waals surface area contributed by atoms with Gasteiger partial charge in [0.1, 0.15) is 0 Å². The lowest BCUT2D eigenvalue weighted by molar-refractivity contribution is 0.158. The van der Waals surface area contributed by atoms with E-state index in [9.17, 15) is 13.2 Å². The maximum absolute atomic E-state index is 11.4. The van der Waals surface area contributed by atoms with E-state index in [2.05, 4.69) is 14.8 Å². The first-order valence-corrected chi connectivity index (χ1v) is 7.69. The van der Waals surface area contributed by atoms with Gasteiger partial charge >= 0.3 is 16.3 Å². The molecule has 0 saturated carbocycles. The summed E-state index contributed by atoms with van der Waals surface area (Å²) in [6, 6.07) is 0.351. The van der Waals surface area contributed by atoms with E-state index in [1.165, 1.54) is 12.8 Å². The van der Waals surface area contributed by atoms with Crippen LogP contribution in [0, 0.1) is 0 Å². The smallest absolute Gasteiger partial charge is 0.421 e. The maximum atomic E-state index is 11.4. The molecule has 0 aromatic carbocycles. The van der Waals surface area contributed by atoms with E-state index in [1.54, 1.807) is 11.6 Å². The molecular formula is C10H21N3O4S. The normalized spacial score (nSPS) is 20.4. The average Bonchev–Trinajstić information content (AvgIpc) is 2.29. The minimum Gasteiger partial charge on any atom is -0.449 e. The summed E-state index contributed by atoms with van der Waals surface area (Å²) >= 11 is 0. The molecule has 7 nitrogen and oxygen atoms in total. The molecule has 1 atom stereocenters. The molecule has 0 spiro atoms. The van der Waals surface area contributed by atoms with Gasteiger partial charge in [0, 0.05) is 12.6 Å². The molecule has 0 radical (unpaired) electrons. The Labute approximate surface area is 108 Å². The van der Waals surface area contributed by atoms with Crippen molar-refractivity contribution < 1.29 is 17.9 Å². The van der Waals surface area contributed by atoms with Crippen LogP contribution in [0.3, 0.4) is 0 Å². The minimum absolute atomic E-state index is 0.132. The van der Waals surface area contributed by atoms with Crippen molar-refractivity contribution in [2.75, 3.05) is 19.7 Å². The van der Waals surface area contributed by atoms with Gasteiger partial charge in [0.2, 0.25) is 0 Å². The number of rotatable bonds is 6. The Morgan fingerprint density at radius 1 is 1.44 bits per heavy atom. The summed E-state index contributed by atoms with van der Waals surface area (Å²) in [6.07, 6.45) is 3.16. The van der Waals surface area contributed by atoms with E-state index in [4.69, 9.17) is 0 Å². The quantitative estimate of drug-likeness (QED) is 0.641. The topological polar surface area (TPSA) is 96.5 Å². The van der Waals surface area contributed by atoms with Crippen LogP contribution in [0.15, 0.2) is 0 Å².